The van der Waals surface area contributed by atoms with Crippen LogP contribution in [0.2, 0.25) is 0 Å². The Labute approximate surface area is 292 Å². The molecule has 7 rings (SSSR count). The maximum Gasteiger partial charge on any atom is 0.407 e. The molecule has 2 aliphatic heterocycles. The Balaban J connectivity index is 1.31. The van der Waals surface area contributed by atoms with E-state index in [9.17, 15) is 14.7 Å². The summed E-state index contributed by atoms with van der Waals surface area (Å²) in [5.74, 6) is 0.365. The zero-order valence-corrected chi connectivity index (χ0v) is 28.9. The summed E-state index contributed by atoms with van der Waals surface area (Å²) < 4.78 is 27.6. The zero-order valence-electron chi connectivity index (χ0n) is 28.9. The molecule has 2 aromatic carbocycles. The third kappa shape index (κ3) is 7.55. The van der Waals surface area contributed by atoms with Crippen LogP contribution in [0.4, 0.5) is 4.79 Å². The van der Waals surface area contributed by atoms with Crippen molar-refractivity contribution in [1.29, 1.82) is 0 Å². The number of hydrogen-bond donors (Lipinski definition) is 1. The summed E-state index contributed by atoms with van der Waals surface area (Å²) in [6.45, 7) is 4.17. The van der Waals surface area contributed by atoms with Gasteiger partial charge in [-0.15, -0.1) is 0 Å². The molecular formula is C39H46N4O7. The highest BCUT2D eigenvalue weighted by Crippen LogP contribution is 2.44. The molecule has 1 aliphatic carbocycles. The molecule has 3 aliphatic rings. The standard InChI is InChI=1S/C39H46N4O7/c1-26-22-29(24-42(2)36(26)44)28-11-14-33-32(23-28)35(41-37(40-33)48-21-17-27-15-18-43(19-16-27)38(45)46)39(50-31-12-13-31,30-8-4-3-5-9-30)25-49-34-10-6-7-20-47-34/h3-5,8-9,11,14,22-24,27,31,34H,6-7,10,12-13,15-21,25H2,1-2H3,(H,45,46). The van der Waals surface area contributed by atoms with E-state index in [-0.39, 0.29) is 30.6 Å². The number of pyridine rings is 1. The van der Waals surface area contributed by atoms with Gasteiger partial charge < -0.3 is 33.5 Å². The second-order valence-electron chi connectivity index (χ2n) is 13.9. The van der Waals surface area contributed by atoms with Gasteiger partial charge in [-0.1, -0.05) is 36.4 Å². The van der Waals surface area contributed by atoms with Crippen molar-refractivity contribution < 1.29 is 28.8 Å². The first-order chi connectivity index (χ1) is 24.3. The first-order valence-corrected chi connectivity index (χ1v) is 17.9. The molecule has 2 saturated heterocycles. The molecule has 264 valence electrons. The number of carboxylic acid groups (broad SMARTS) is 1. The number of rotatable bonds is 12. The van der Waals surface area contributed by atoms with Gasteiger partial charge in [0.1, 0.15) is 0 Å². The summed E-state index contributed by atoms with van der Waals surface area (Å²) >= 11 is 0. The van der Waals surface area contributed by atoms with Crippen molar-refractivity contribution in [1.82, 2.24) is 19.4 Å². The summed E-state index contributed by atoms with van der Waals surface area (Å²) in [4.78, 5) is 35.5. The van der Waals surface area contributed by atoms with Gasteiger partial charge in [0, 0.05) is 43.9 Å². The normalized spacial score (nSPS) is 19.7. The van der Waals surface area contributed by atoms with Crippen LogP contribution in [0.1, 0.15) is 68.2 Å². The number of fused-ring (bicyclic) bond motifs is 1. The number of ether oxygens (including phenoxy) is 4. The largest absolute Gasteiger partial charge is 0.465 e. The molecule has 0 bridgehead atoms. The number of amides is 1. The van der Waals surface area contributed by atoms with Crippen molar-refractivity contribution in [3.05, 3.63) is 88.0 Å². The first-order valence-electron chi connectivity index (χ1n) is 17.9. The molecule has 50 heavy (non-hydrogen) atoms. The van der Waals surface area contributed by atoms with E-state index >= 15 is 0 Å². The molecule has 1 amide bonds. The zero-order chi connectivity index (χ0) is 34.7. The summed E-state index contributed by atoms with van der Waals surface area (Å²) in [6, 6.07) is 18.4. The highest BCUT2D eigenvalue weighted by atomic mass is 16.7. The molecule has 4 heterocycles. The molecule has 1 N–H and O–H groups in total. The minimum Gasteiger partial charge on any atom is -0.465 e. The van der Waals surface area contributed by atoms with Gasteiger partial charge in [-0.3, -0.25) is 4.79 Å². The minimum atomic E-state index is -1.09. The van der Waals surface area contributed by atoms with Gasteiger partial charge in [-0.2, -0.15) is 9.97 Å². The molecule has 2 atom stereocenters. The van der Waals surface area contributed by atoms with E-state index in [2.05, 4.69) is 18.2 Å². The van der Waals surface area contributed by atoms with Crippen LogP contribution in [0.15, 0.2) is 65.6 Å². The van der Waals surface area contributed by atoms with Gasteiger partial charge >= 0.3 is 12.1 Å². The lowest BCUT2D eigenvalue weighted by molar-refractivity contribution is -0.197. The number of likely N-dealkylation sites (tertiary alicyclic amines) is 1. The molecule has 1 saturated carbocycles. The molecule has 0 spiro atoms. The smallest absolute Gasteiger partial charge is 0.407 e. The number of aryl methyl sites for hydroxylation is 2. The Morgan fingerprint density at radius 1 is 1.00 bits per heavy atom. The Morgan fingerprint density at radius 2 is 1.80 bits per heavy atom. The van der Waals surface area contributed by atoms with E-state index in [4.69, 9.17) is 28.9 Å². The van der Waals surface area contributed by atoms with E-state index in [1.165, 1.54) is 4.90 Å². The van der Waals surface area contributed by atoms with Gasteiger partial charge in [-0.05, 0) is 99.1 Å². The number of benzene rings is 2. The highest BCUT2D eigenvalue weighted by Gasteiger charge is 2.45. The third-order valence-corrected chi connectivity index (χ3v) is 10.1. The lowest BCUT2D eigenvalue weighted by Gasteiger charge is -2.36. The average molecular weight is 683 g/mol. The van der Waals surface area contributed by atoms with Crippen molar-refractivity contribution in [2.45, 2.75) is 76.3 Å². The van der Waals surface area contributed by atoms with E-state index in [0.29, 0.717) is 49.0 Å². The molecule has 11 heteroatoms. The first kappa shape index (κ1) is 34.1. The van der Waals surface area contributed by atoms with Crippen LogP contribution >= 0.6 is 0 Å². The van der Waals surface area contributed by atoms with Crippen LogP contribution in [0.25, 0.3) is 22.0 Å². The van der Waals surface area contributed by atoms with Gasteiger partial charge in [0.25, 0.3) is 5.56 Å². The minimum absolute atomic E-state index is 0.0317. The Bertz CT molecular complexity index is 1840. The highest BCUT2D eigenvalue weighted by molar-refractivity contribution is 5.87. The monoisotopic (exact) mass is 682 g/mol. The molecule has 2 aromatic heterocycles. The lowest BCUT2D eigenvalue weighted by atomic mass is 9.87. The number of carbonyl (C=O) groups is 1. The van der Waals surface area contributed by atoms with Gasteiger partial charge in [0.05, 0.1) is 30.5 Å². The van der Waals surface area contributed by atoms with Crippen LogP contribution < -0.4 is 10.3 Å². The maximum absolute atomic E-state index is 12.5. The molecule has 2 unspecified atom stereocenters. The second kappa shape index (κ2) is 14.9. The second-order valence-corrected chi connectivity index (χ2v) is 13.9. The van der Waals surface area contributed by atoms with E-state index in [1.807, 2.05) is 49.5 Å². The van der Waals surface area contributed by atoms with Gasteiger partial charge in [-0.25, -0.2) is 4.79 Å². The fourth-order valence-corrected chi connectivity index (χ4v) is 7.10. The fraction of sp³-hybridized carbons (Fsp3) is 0.487. The van der Waals surface area contributed by atoms with Crippen LogP contribution in [0.5, 0.6) is 6.01 Å². The fourth-order valence-electron chi connectivity index (χ4n) is 7.10. The molecule has 0 radical (unpaired) electrons. The molecule has 4 aromatic rings. The summed E-state index contributed by atoms with van der Waals surface area (Å²) in [5, 5.41) is 10.1. The summed E-state index contributed by atoms with van der Waals surface area (Å²) in [5.41, 5.74) is 3.65. The van der Waals surface area contributed by atoms with Crippen molar-refractivity contribution in [2.75, 3.05) is 32.9 Å². The quantitative estimate of drug-likeness (QED) is 0.180. The number of aromatic nitrogens is 3. The number of hydrogen-bond acceptors (Lipinski definition) is 8. The predicted molar refractivity (Wildman–Crippen MR) is 188 cm³/mol. The Kier molecular flexibility index (Phi) is 10.2. The van der Waals surface area contributed by atoms with Crippen LogP contribution in [0.3, 0.4) is 0 Å². The van der Waals surface area contributed by atoms with Crippen LogP contribution in [-0.4, -0.2) is 75.9 Å². The summed E-state index contributed by atoms with van der Waals surface area (Å²) in [7, 11) is 1.77. The van der Waals surface area contributed by atoms with Gasteiger partial charge in [0.2, 0.25) is 0 Å². The SMILES string of the molecule is Cc1cc(-c2ccc3nc(OCCC4CCN(C(=O)O)CC4)nc(C(COC4CCCCO4)(OC4CC4)c4ccccc4)c3c2)cn(C)c1=O. The van der Waals surface area contributed by atoms with E-state index in [1.54, 1.807) is 11.6 Å². The molecule has 11 nitrogen and oxygen atoms in total. The molecular weight excluding hydrogens is 636 g/mol. The van der Waals surface area contributed by atoms with Crippen molar-refractivity contribution in [2.24, 2.45) is 13.0 Å². The van der Waals surface area contributed by atoms with Crippen LogP contribution in [-0.2, 0) is 26.9 Å². The maximum atomic E-state index is 12.5. The van der Waals surface area contributed by atoms with Crippen molar-refractivity contribution in [3.63, 3.8) is 0 Å². The number of nitrogens with zero attached hydrogens (tertiary/aromatic N) is 4. The average Bonchev–Trinajstić information content (AvgIpc) is 3.96. The van der Waals surface area contributed by atoms with Crippen molar-refractivity contribution in [3.8, 4) is 17.1 Å². The van der Waals surface area contributed by atoms with Crippen LogP contribution in [0, 0.1) is 12.8 Å². The summed E-state index contributed by atoms with van der Waals surface area (Å²) in [6.07, 6.45) is 7.86. The molecule has 3 fully saturated rings. The third-order valence-electron chi connectivity index (χ3n) is 10.1. The van der Waals surface area contributed by atoms with Gasteiger partial charge in [0.15, 0.2) is 11.9 Å². The Morgan fingerprint density at radius 3 is 2.50 bits per heavy atom. The Hall–Kier alpha value is -4.32. The number of piperidine rings is 1. The van der Waals surface area contributed by atoms with Crippen molar-refractivity contribution >= 4 is 17.0 Å². The lowest BCUT2D eigenvalue weighted by Crippen LogP contribution is -2.41. The van der Waals surface area contributed by atoms with E-state index < -0.39 is 11.7 Å². The predicted octanol–water partition coefficient (Wildman–Crippen LogP) is 6.43. The van der Waals surface area contributed by atoms with E-state index in [0.717, 1.165) is 73.4 Å². The topological polar surface area (TPSA) is 125 Å².